The van der Waals surface area contributed by atoms with E-state index >= 15 is 0 Å². The van der Waals surface area contributed by atoms with Gasteiger partial charge in [-0.2, -0.15) is 0 Å². The highest BCUT2D eigenvalue weighted by atomic mass is 32.2. The van der Waals surface area contributed by atoms with Gasteiger partial charge in [0.15, 0.2) is 0 Å². The summed E-state index contributed by atoms with van der Waals surface area (Å²) in [6, 6.07) is 11.7. The van der Waals surface area contributed by atoms with Crippen molar-refractivity contribution in [3.8, 4) is 0 Å². The maximum absolute atomic E-state index is 12.2. The molecule has 0 bridgehead atoms. The van der Waals surface area contributed by atoms with Gasteiger partial charge in [-0.1, -0.05) is 12.1 Å². The molecule has 0 aliphatic carbocycles. The van der Waals surface area contributed by atoms with Gasteiger partial charge in [-0.3, -0.25) is 4.72 Å². The Kier molecular flexibility index (Phi) is 4.25. The fourth-order valence-electron chi connectivity index (χ4n) is 1.70. The first-order valence-corrected chi connectivity index (χ1v) is 7.56. The van der Waals surface area contributed by atoms with E-state index in [9.17, 15) is 13.2 Å². The average Bonchev–Trinajstić information content (AvgIpc) is 2.47. The zero-order chi connectivity index (χ0) is 15.5. The molecule has 0 radical (unpaired) electrons. The third-order valence-corrected chi connectivity index (χ3v) is 4.25. The van der Waals surface area contributed by atoms with Gasteiger partial charge in [0.25, 0.3) is 10.0 Å². The smallest absolute Gasteiger partial charge is 0.335 e. The monoisotopic (exact) mass is 306 g/mol. The Labute approximate surface area is 122 Å². The van der Waals surface area contributed by atoms with E-state index in [2.05, 4.69) is 4.72 Å². The second kappa shape index (κ2) is 5.94. The van der Waals surface area contributed by atoms with Crippen LogP contribution in [0.2, 0.25) is 0 Å². The SMILES string of the molecule is NCc1ccc(S(=O)(=O)Nc2ccc(C(=O)O)cc2)cc1. The average molecular weight is 306 g/mol. The summed E-state index contributed by atoms with van der Waals surface area (Å²) < 4.78 is 26.7. The summed E-state index contributed by atoms with van der Waals surface area (Å²) in [5, 5.41) is 8.79. The highest BCUT2D eigenvalue weighted by molar-refractivity contribution is 7.92. The van der Waals surface area contributed by atoms with E-state index in [1.807, 2.05) is 0 Å². The molecule has 0 heterocycles. The van der Waals surface area contributed by atoms with Crippen molar-refractivity contribution in [3.05, 3.63) is 59.7 Å². The number of carboxylic acids is 1. The number of nitrogens with two attached hydrogens (primary N) is 1. The number of sulfonamides is 1. The van der Waals surface area contributed by atoms with Crippen LogP contribution >= 0.6 is 0 Å². The highest BCUT2D eigenvalue weighted by Gasteiger charge is 2.14. The zero-order valence-corrected chi connectivity index (χ0v) is 11.8. The molecule has 0 aliphatic rings. The van der Waals surface area contributed by atoms with Gasteiger partial charge in [0.1, 0.15) is 0 Å². The Bertz CT molecular complexity index is 738. The molecule has 7 heteroatoms. The normalized spacial score (nSPS) is 11.1. The molecule has 0 spiro atoms. The first-order valence-electron chi connectivity index (χ1n) is 6.07. The Morgan fingerprint density at radius 3 is 2.10 bits per heavy atom. The van der Waals surface area contributed by atoms with E-state index < -0.39 is 16.0 Å². The first-order chi connectivity index (χ1) is 9.92. The lowest BCUT2D eigenvalue weighted by Gasteiger charge is -2.08. The summed E-state index contributed by atoms with van der Waals surface area (Å²) in [6.07, 6.45) is 0. The molecule has 2 aromatic carbocycles. The van der Waals surface area contributed by atoms with Crippen molar-refractivity contribution in [2.75, 3.05) is 4.72 Å². The summed E-state index contributed by atoms with van der Waals surface area (Å²) in [5.74, 6) is -1.07. The van der Waals surface area contributed by atoms with Gasteiger partial charge >= 0.3 is 5.97 Å². The van der Waals surface area contributed by atoms with Crippen molar-refractivity contribution in [1.82, 2.24) is 0 Å². The van der Waals surface area contributed by atoms with Crippen LogP contribution in [-0.2, 0) is 16.6 Å². The fraction of sp³-hybridized carbons (Fsp3) is 0.0714. The zero-order valence-electron chi connectivity index (χ0n) is 11.0. The number of hydrogen-bond donors (Lipinski definition) is 3. The summed E-state index contributed by atoms with van der Waals surface area (Å²) in [6.45, 7) is 0.338. The van der Waals surface area contributed by atoms with E-state index in [4.69, 9.17) is 10.8 Å². The summed E-state index contributed by atoms with van der Waals surface area (Å²) in [4.78, 5) is 10.8. The molecular formula is C14H14N2O4S. The lowest BCUT2D eigenvalue weighted by molar-refractivity contribution is 0.0697. The van der Waals surface area contributed by atoms with Gasteiger partial charge in [-0.15, -0.1) is 0 Å². The van der Waals surface area contributed by atoms with Crippen LogP contribution in [0, 0.1) is 0 Å². The van der Waals surface area contributed by atoms with Gasteiger partial charge in [-0.05, 0) is 42.0 Å². The molecular weight excluding hydrogens is 292 g/mol. The quantitative estimate of drug-likeness (QED) is 0.778. The molecule has 0 aliphatic heterocycles. The lowest BCUT2D eigenvalue weighted by Crippen LogP contribution is -2.13. The van der Waals surface area contributed by atoms with Crippen LogP contribution in [0.1, 0.15) is 15.9 Å². The van der Waals surface area contributed by atoms with Crippen LogP contribution in [-0.4, -0.2) is 19.5 Å². The van der Waals surface area contributed by atoms with Crippen LogP contribution in [0.5, 0.6) is 0 Å². The van der Waals surface area contributed by atoms with Crippen LogP contribution < -0.4 is 10.5 Å². The molecule has 0 unspecified atom stereocenters. The predicted octanol–water partition coefficient (Wildman–Crippen LogP) is 1.64. The van der Waals surface area contributed by atoms with Crippen molar-refractivity contribution in [2.45, 2.75) is 11.4 Å². The number of benzene rings is 2. The maximum Gasteiger partial charge on any atom is 0.335 e. The van der Waals surface area contributed by atoms with Crippen molar-refractivity contribution in [2.24, 2.45) is 5.73 Å². The van der Waals surface area contributed by atoms with Crippen molar-refractivity contribution < 1.29 is 18.3 Å². The molecule has 2 rings (SSSR count). The van der Waals surface area contributed by atoms with E-state index in [1.54, 1.807) is 12.1 Å². The van der Waals surface area contributed by atoms with Crippen molar-refractivity contribution in [3.63, 3.8) is 0 Å². The third-order valence-electron chi connectivity index (χ3n) is 2.85. The topological polar surface area (TPSA) is 109 Å². The second-order valence-electron chi connectivity index (χ2n) is 4.34. The van der Waals surface area contributed by atoms with Gasteiger partial charge in [-0.25, -0.2) is 13.2 Å². The first kappa shape index (κ1) is 15.0. The van der Waals surface area contributed by atoms with Crippen LogP contribution in [0.25, 0.3) is 0 Å². The minimum atomic E-state index is -3.71. The molecule has 0 fully saturated rings. The number of nitrogens with one attached hydrogen (secondary N) is 1. The van der Waals surface area contributed by atoms with Gasteiger partial charge in [0.2, 0.25) is 0 Å². The van der Waals surface area contributed by atoms with Gasteiger partial charge in [0.05, 0.1) is 10.5 Å². The Morgan fingerprint density at radius 2 is 1.62 bits per heavy atom. The number of carbonyl (C=O) groups is 1. The fourth-order valence-corrected chi connectivity index (χ4v) is 2.76. The van der Waals surface area contributed by atoms with Crippen LogP contribution in [0.3, 0.4) is 0 Å². The summed E-state index contributed by atoms with van der Waals surface area (Å²) in [7, 11) is -3.71. The number of rotatable bonds is 5. The second-order valence-corrected chi connectivity index (χ2v) is 6.02. The van der Waals surface area contributed by atoms with Gasteiger partial charge in [0, 0.05) is 12.2 Å². The summed E-state index contributed by atoms with van der Waals surface area (Å²) in [5.41, 5.74) is 6.67. The Hall–Kier alpha value is -2.38. The van der Waals surface area contributed by atoms with Gasteiger partial charge < -0.3 is 10.8 Å². The maximum atomic E-state index is 12.2. The van der Waals surface area contributed by atoms with Crippen molar-refractivity contribution in [1.29, 1.82) is 0 Å². The number of hydrogen-bond acceptors (Lipinski definition) is 4. The van der Waals surface area contributed by atoms with E-state index in [-0.39, 0.29) is 10.5 Å². The minimum Gasteiger partial charge on any atom is -0.478 e. The standard InChI is InChI=1S/C14H14N2O4S/c15-9-10-1-7-13(8-2-10)21(19,20)16-12-5-3-11(4-6-12)14(17)18/h1-8,16H,9,15H2,(H,17,18). The molecule has 0 saturated carbocycles. The number of aromatic carboxylic acids is 1. The molecule has 0 saturated heterocycles. The van der Waals surface area contributed by atoms with Crippen molar-refractivity contribution >= 4 is 21.7 Å². The molecule has 21 heavy (non-hydrogen) atoms. The molecule has 0 aromatic heterocycles. The Balaban J connectivity index is 2.21. The number of anilines is 1. The van der Waals surface area contributed by atoms with E-state index in [0.717, 1.165) is 5.56 Å². The molecule has 0 atom stereocenters. The molecule has 0 amide bonds. The minimum absolute atomic E-state index is 0.0882. The highest BCUT2D eigenvalue weighted by Crippen LogP contribution is 2.17. The van der Waals surface area contributed by atoms with Crippen LogP contribution in [0.15, 0.2) is 53.4 Å². The largest absolute Gasteiger partial charge is 0.478 e. The lowest BCUT2D eigenvalue weighted by atomic mass is 10.2. The molecule has 2 aromatic rings. The molecule has 110 valence electrons. The van der Waals surface area contributed by atoms with E-state index in [0.29, 0.717) is 12.2 Å². The summed E-state index contributed by atoms with van der Waals surface area (Å²) >= 11 is 0. The van der Waals surface area contributed by atoms with E-state index in [1.165, 1.54) is 36.4 Å². The third kappa shape index (κ3) is 3.59. The predicted molar refractivity (Wildman–Crippen MR) is 78.5 cm³/mol. The Morgan fingerprint density at radius 1 is 1.05 bits per heavy atom. The number of carboxylic acid groups (broad SMARTS) is 1. The molecule has 4 N–H and O–H groups in total. The molecule has 6 nitrogen and oxygen atoms in total. The van der Waals surface area contributed by atoms with Crippen LogP contribution in [0.4, 0.5) is 5.69 Å².